The third-order valence-corrected chi connectivity index (χ3v) is 7.01. The van der Waals surface area contributed by atoms with Crippen LogP contribution in [0.5, 0.6) is 0 Å². The smallest absolute Gasteiger partial charge is 0.0155 e. The van der Waals surface area contributed by atoms with Crippen molar-refractivity contribution in [3.63, 3.8) is 0 Å². The molecule has 0 radical (unpaired) electrons. The normalized spacial score (nSPS) is 39.0. The molecule has 0 aromatic rings. The minimum Gasteiger partial charge on any atom is -0.303 e. The number of rotatable bonds is 1. The van der Waals surface area contributed by atoms with E-state index >= 15 is 0 Å². The number of alkyl halides is 1. The highest BCUT2D eigenvalue weighted by molar-refractivity contribution is 14.1. The summed E-state index contributed by atoms with van der Waals surface area (Å²) in [6, 6.07) is 0.856. The first-order valence-corrected chi connectivity index (χ1v) is 9.70. The molecule has 4 unspecified atom stereocenters. The summed E-state index contributed by atoms with van der Waals surface area (Å²) in [4.78, 5) is 2.72. The summed E-state index contributed by atoms with van der Waals surface area (Å²) in [5.41, 5.74) is 0. The lowest BCUT2D eigenvalue weighted by Gasteiger charge is -2.41. The van der Waals surface area contributed by atoms with E-state index in [2.05, 4.69) is 48.4 Å². The van der Waals surface area contributed by atoms with Crippen molar-refractivity contribution in [2.24, 2.45) is 17.8 Å². The van der Waals surface area contributed by atoms with E-state index in [1.807, 2.05) is 0 Å². The molecule has 2 aliphatic rings. The lowest BCUT2D eigenvalue weighted by Crippen LogP contribution is -2.45. The fourth-order valence-corrected chi connectivity index (χ4v) is 5.89. The van der Waals surface area contributed by atoms with Gasteiger partial charge in [0.2, 0.25) is 0 Å². The Hall–Kier alpha value is 0.690. The van der Waals surface area contributed by atoms with Crippen molar-refractivity contribution in [2.45, 2.75) is 75.2 Å². The summed E-state index contributed by atoms with van der Waals surface area (Å²) < 4.78 is 0.901. The Kier molecular flexibility index (Phi) is 6.45. The van der Waals surface area contributed by atoms with Crippen molar-refractivity contribution >= 4 is 22.6 Å². The maximum absolute atomic E-state index is 2.79. The molecule has 1 nitrogen and oxygen atoms in total. The van der Waals surface area contributed by atoms with Crippen LogP contribution in [-0.2, 0) is 0 Å². The van der Waals surface area contributed by atoms with E-state index in [1.54, 1.807) is 0 Å². The van der Waals surface area contributed by atoms with E-state index in [4.69, 9.17) is 0 Å². The maximum Gasteiger partial charge on any atom is 0.0155 e. The molecule has 1 aliphatic carbocycles. The highest BCUT2D eigenvalue weighted by Crippen LogP contribution is 2.42. The van der Waals surface area contributed by atoms with Crippen molar-refractivity contribution in [3.8, 4) is 0 Å². The SMILES string of the molecule is CC(C)C1CCCCCN(C)C2CCCCC(I)C12. The lowest BCUT2D eigenvalue weighted by atomic mass is 9.74. The Morgan fingerprint density at radius 3 is 2.37 bits per heavy atom. The summed E-state index contributed by atoms with van der Waals surface area (Å²) in [6.45, 7) is 6.26. The van der Waals surface area contributed by atoms with Crippen LogP contribution >= 0.6 is 22.6 Å². The standard InChI is InChI=1S/C17H32IN/c1-13(2)14-9-5-4-8-12-19(3)16-11-7-6-10-15(18)17(14)16/h13-17H,4-12H2,1-3H3. The molecule has 19 heavy (non-hydrogen) atoms. The topological polar surface area (TPSA) is 3.24 Å². The Bertz CT molecular complexity index is 266. The van der Waals surface area contributed by atoms with Gasteiger partial charge in [-0.15, -0.1) is 0 Å². The largest absolute Gasteiger partial charge is 0.303 e. The van der Waals surface area contributed by atoms with Gasteiger partial charge in [0.25, 0.3) is 0 Å². The van der Waals surface area contributed by atoms with Crippen LogP contribution in [0.15, 0.2) is 0 Å². The van der Waals surface area contributed by atoms with Gasteiger partial charge in [-0.05, 0) is 57.0 Å². The molecule has 112 valence electrons. The molecule has 1 heterocycles. The van der Waals surface area contributed by atoms with E-state index in [-0.39, 0.29) is 0 Å². The molecule has 1 saturated carbocycles. The zero-order valence-corrected chi connectivity index (χ0v) is 15.2. The van der Waals surface area contributed by atoms with Gasteiger partial charge in [-0.25, -0.2) is 0 Å². The summed E-state index contributed by atoms with van der Waals surface area (Å²) >= 11 is 2.79. The van der Waals surface area contributed by atoms with Gasteiger partial charge in [-0.1, -0.05) is 62.1 Å². The van der Waals surface area contributed by atoms with Crippen LogP contribution in [0.1, 0.15) is 65.2 Å². The number of hydrogen-bond donors (Lipinski definition) is 0. The summed E-state index contributed by atoms with van der Waals surface area (Å²) in [5, 5.41) is 0. The number of fused-ring (bicyclic) bond motifs is 1. The van der Waals surface area contributed by atoms with Gasteiger partial charge in [0, 0.05) is 9.97 Å². The van der Waals surface area contributed by atoms with Crippen LogP contribution in [0.25, 0.3) is 0 Å². The molecule has 1 saturated heterocycles. The van der Waals surface area contributed by atoms with Gasteiger partial charge >= 0.3 is 0 Å². The Morgan fingerprint density at radius 1 is 0.947 bits per heavy atom. The van der Waals surface area contributed by atoms with Crippen molar-refractivity contribution < 1.29 is 0 Å². The molecular weight excluding hydrogens is 345 g/mol. The average molecular weight is 377 g/mol. The van der Waals surface area contributed by atoms with E-state index in [0.717, 1.165) is 27.7 Å². The third kappa shape index (κ3) is 4.09. The molecule has 2 heteroatoms. The van der Waals surface area contributed by atoms with Crippen molar-refractivity contribution in [3.05, 3.63) is 0 Å². The van der Waals surface area contributed by atoms with E-state index < -0.39 is 0 Å². The number of hydrogen-bond acceptors (Lipinski definition) is 1. The molecule has 2 rings (SSSR count). The second-order valence-corrected chi connectivity index (χ2v) is 8.78. The number of nitrogens with zero attached hydrogens (tertiary/aromatic N) is 1. The average Bonchev–Trinajstić information content (AvgIpc) is 2.50. The molecule has 0 N–H and O–H groups in total. The van der Waals surface area contributed by atoms with Gasteiger partial charge in [0.15, 0.2) is 0 Å². The molecule has 0 aromatic carbocycles. The zero-order chi connectivity index (χ0) is 13.8. The first kappa shape index (κ1) is 16.1. The molecule has 0 bridgehead atoms. The summed E-state index contributed by atoms with van der Waals surface area (Å²) in [5.74, 6) is 2.74. The third-order valence-electron chi connectivity index (χ3n) is 5.56. The van der Waals surface area contributed by atoms with Crippen LogP contribution in [0, 0.1) is 17.8 Å². The van der Waals surface area contributed by atoms with Crippen molar-refractivity contribution in [2.75, 3.05) is 13.6 Å². The van der Waals surface area contributed by atoms with Crippen molar-refractivity contribution in [1.29, 1.82) is 0 Å². The zero-order valence-electron chi connectivity index (χ0n) is 13.1. The molecule has 4 atom stereocenters. The van der Waals surface area contributed by atoms with Gasteiger partial charge in [-0.3, -0.25) is 0 Å². The van der Waals surface area contributed by atoms with Crippen LogP contribution in [0.3, 0.4) is 0 Å². The molecule has 1 aliphatic heterocycles. The Labute approximate surface area is 134 Å². The number of halogens is 1. The summed E-state index contributed by atoms with van der Waals surface area (Å²) in [7, 11) is 2.40. The predicted molar refractivity (Wildman–Crippen MR) is 93.0 cm³/mol. The summed E-state index contributed by atoms with van der Waals surface area (Å²) in [6.07, 6.45) is 11.6. The Balaban J connectivity index is 2.25. The minimum atomic E-state index is 0.856. The maximum atomic E-state index is 2.79. The molecular formula is C17H32IN. The molecule has 0 spiro atoms. The quantitative estimate of drug-likeness (QED) is 0.453. The van der Waals surface area contributed by atoms with Crippen LogP contribution < -0.4 is 0 Å². The van der Waals surface area contributed by atoms with Crippen LogP contribution in [0.4, 0.5) is 0 Å². The fourth-order valence-electron chi connectivity index (χ4n) is 4.44. The first-order chi connectivity index (χ1) is 9.11. The minimum absolute atomic E-state index is 0.856. The van der Waals surface area contributed by atoms with E-state index in [0.29, 0.717) is 0 Å². The predicted octanol–water partition coefficient (Wildman–Crippen LogP) is 5.13. The van der Waals surface area contributed by atoms with Crippen molar-refractivity contribution in [1.82, 2.24) is 4.90 Å². The van der Waals surface area contributed by atoms with Crippen LogP contribution in [-0.4, -0.2) is 28.5 Å². The van der Waals surface area contributed by atoms with Gasteiger partial charge in [0.05, 0.1) is 0 Å². The second kappa shape index (κ2) is 7.63. The van der Waals surface area contributed by atoms with Crippen LogP contribution in [0.2, 0.25) is 0 Å². The van der Waals surface area contributed by atoms with Gasteiger partial charge < -0.3 is 4.90 Å². The Morgan fingerprint density at radius 2 is 1.63 bits per heavy atom. The highest BCUT2D eigenvalue weighted by Gasteiger charge is 2.39. The second-order valence-electron chi connectivity index (χ2n) is 7.18. The fraction of sp³-hybridized carbons (Fsp3) is 1.00. The molecule has 0 amide bonds. The van der Waals surface area contributed by atoms with E-state index in [1.165, 1.54) is 57.9 Å². The first-order valence-electron chi connectivity index (χ1n) is 8.45. The van der Waals surface area contributed by atoms with Gasteiger partial charge in [0.1, 0.15) is 0 Å². The lowest BCUT2D eigenvalue weighted by molar-refractivity contribution is 0.109. The van der Waals surface area contributed by atoms with E-state index in [9.17, 15) is 0 Å². The molecule has 0 aromatic heterocycles. The highest BCUT2D eigenvalue weighted by atomic mass is 127. The van der Waals surface area contributed by atoms with Gasteiger partial charge in [-0.2, -0.15) is 0 Å². The molecule has 2 fully saturated rings. The monoisotopic (exact) mass is 377 g/mol.